The highest BCUT2D eigenvalue weighted by molar-refractivity contribution is 8.18. The van der Waals surface area contributed by atoms with Gasteiger partial charge in [-0.2, -0.15) is 48.4 Å². The molecular weight excluding hydrogens is 602 g/mol. The molecular formula is C24H21F6N4O5S2+. The summed E-state index contributed by atoms with van der Waals surface area (Å²) in [5.74, 6) is -0.765. The third-order valence-corrected chi connectivity index (χ3v) is 8.47. The number of nitrogens with zero attached hydrogens (tertiary/aromatic N) is 3. The number of hydrogen-bond donors (Lipinski definition) is 2. The number of halogens is 6. The summed E-state index contributed by atoms with van der Waals surface area (Å²) in [4.78, 5) is 25.7. The molecule has 17 heteroatoms. The number of hydrogen-bond acceptors (Lipinski definition) is 6. The van der Waals surface area contributed by atoms with Gasteiger partial charge < -0.3 is 5.11 Å². The van der Waals surface area contributed by atoms with Crippen LogP contribution in [0.1, 0.15) is 22.3 Å². The van der Waals surface area contributed by atoms with Crippen molar-refractivity contribution in [3.05, 3.63) is 74.1 Å². The Labute approximate surface area is 233 Å². The molecule has 0 aromatic heterocycles. The molecule has 2 aromatic rings. The first kappa shape index (κ1) is 30.7. The van der Waals surface area contributed by atoms with Crippen LogP contribution in [0.4, 0.5) is 31.1 Å². The van der Waals surface area contributed by atoms with Gasteiger partial charge in [0.05, 0.1) is 22.6 Å². The van der Waals surface area contributed by atoms with E-state index in [1.165, 1.54) is 37.0 Å². The molecule has 0 bridgehead atoms. The molecule has 0 saturated carbocycles. The predicted molar refractivity (Wildman–Crippen MR) is 136 cm³/mol. The van der Waals surface area contributed by atoms with Crippen molar-refractivity contribution >= 4 is 45.4 Å². The van der Waals surface area contributed by atoms with Gasteiger partial charge in [-0.3, -0.25) is 14.5 Å². The third-order valence-electron chi connectivity index (χ3n) is 6.03. The van der Waals surface area contributed by atoms with E-state index in [2.05, 4.69) is 0 Å². The average molecular weight is 624 g/mol. The van der Waals surface area contributed by atoms with Gasteiger partial charge in [0.15, 0.2) is 12.7 Å². The molecule has 1 fully saturated rings. The van der Waals surface area contributed by atoms with Crippen molar-refractivity contribution in [3.63, 3.8) is 0 Å². The SMILES string of the molecule is CN(C)S(=O)(=O)NC(O)CN1C(=O)SC(=Cc2ccc3c(c2)=C[N+]=3Cc2ccc(C(F)(F)F)cc2C(F)(F)F)C1=O. The fourth-order valence-corrected chi connectivity index (χ4v) is 5.44. The molecule has 2 aliphatic rings. The Morgan fingerprint density at radius 2 is 1.76 bits per heavy atom. The van der Waals surface area contributed by atoms with Gasteiger partial charge in [-0.1, -0.05) is 6.07 Å². The van der Waals surface area contributed by atoms with Crippen LogP contribution in [-0.2, 0) is 33.9 Å². The number of carbonyl (C=O) groups is 2. The van der Waals surface area contributed by atoms with Crippen LogP contribution in [0.5, 0.6) is 0 Å². The van der Waals surface area contributed by atoms with E-state index in [9.17, 15) is 49.5 Å². The van der Waals surface area contributed by atoms with Gasteiger partial charge in [0.2, 0.25) is 5.36 Å². The van der Waals surface area contributed by atoms with Crippen LogP contribution in [0.2, 0.25) is 0 Å². The number of β-amino-alcohol motifs (C(OH)–C–C–N with tert-alkyl or cyclic N) is 1. The predicted octanol–water partition coefficient (Wildman–Crippen LogP) is 1.92. The fourth-order valence-electron chi connectivity index (χ4n) is 3.96. The van der Waals surface area contributed by atoms with E-state index >= 15 is 0 Å². The number of nitrogens with one attached hydrogen (secondary N) is 1. The lowest BCUT2D eigenvalue weighted by molar-refractivity contribution is -0.143. The van der Waals surface area contributed by atoms with E-state index in [1.54, 1.807) is 12.1 Å². The summed E-state index contributed by atoms with van der Waals surface area (Å²) < 4.78 is 107. The van der Waals surface area contributed by atoms with Crippen molar-refractivity contribution in [2.75, 3.05) is 20.6 Å². The summed E-state index contributed by atoms with van der Waals surface area (Å²) in [5, 5.41) is 10.4. The molecule has 4 rings (SSSR count). The van der Waals surface area contributed by atoms with E-state index < -0.39 is 57.6 Å². The second kappa shape index (κ2) is 10.9. The number of imide groups is 1. The minimum absolute atomic E-state index is 0.00614. The minimum Gasteiger partial charge on any atom is -0.376 e. The molecule has 1 unspecified atom stereocenters. The number of amides is 2. The number of aliphatic hydroxyl groups excluding tert-OH is 1. The van der Waals surface area contributed by atoms with Crippen LogP contribution in [-0.4, -0.2) is 60.7 Å². The smallest absolute Gasteiger partial charge is 0.376 e. The Morgan fingerprint density at radius 1 is 1.07 bits per heavy atom. The van der Waals surface area contributed by atoms with Crippen molar-refractivity contribution in [1.29, 1.82) is 0 Å². The number of alkyl halides is 6. The molecule has 9 nitrogen and oxygen atoms in total. The van der Waals surface area contributed by atoms with Gasteiger partial charge in [-0.15, -0.1) is 0 Å². The summed E-state index contributed by atoms with van der Waals surface area (Å²) >= 11 is 0.573. The van der Waals surface area contributed by atoms with Gasteiger partial charge in [-0.25, -0.2) is 0 Å². The normalized spacial score (nSPS) is 17.7. The maximum Gasteiger partial charge on any atom is 0.416 e. The number of carbonyl (C=O) groups excluding carboxylic acids is 2. The molecule has 2 aromatic carbocycles. The van der Waals surface area contributed by atoms with E-state index in [1.807, 2.05) is 4.72 Å². The standard InChI is InChI=1S/C24H21F6N4O5S2/c1-32(2)41(38,39)31-20(35)12-34-21(36)19(40-22(34)37)8-13-3-6-18-15(7-13)11-33(18)10-14-4-5-16(23(25,26)27)9-17(14)24(28,29)30/h3-9,11,20,31,35H,10,12H2,1-2H3/q+1. The molecule has 2 aliphatic heterocycles. The van der Waals surface area contributed by atoms with Gasteiger partial charge in [0.1, 0.15) is 11.4 Å². The monoisotopic (exact) mass is 623 g/mol. The summed E-state index contributed by atoms with van der Waals surface area (Å²) in [7, 11) is -1.59. The zero-order chi connectivity index (χ0) is 30.5. The summed E-state index contributed by atoms with van der Waals surface area (Å²) in [6.45, 7) is -0.968. The Bertz CT molecular complexity index is 1690. The average Bonchev–Trinajstić information content (AvgIpc) is 3.08. The molecule has 0 spiro atoms. The topological polar surface area (TPSA) is 110 Å². The van der Waals surface area contributed by atoms with Crippen LogP contribution in [0, 0.1) is 0 Å². The molecule has 2 heterocycles. The Kier molecular flexibility index (Phi) is 8.14. The first-order chi connectivity index (χ1) is 18.9. The number of rotatable bonds is 8. The maximum atomic E-state index is 13.5. The maximum absolute atomic E-state index is 13.5. The molecule has 1 atom stereocenters. The van der Waals surface area contributed by atoms with Crippen LogP contribution >= 0.6 is 11.8 Å². The molecule has 2 N–H and O–H groups in total. The van der Waals surface area contributed by atoms with Gasteiger partial charge >= 0.3 is 12.4 Å². The highest BCUT2D eigenvalue weighted by Crippen LogP contribution is 2.37. The van der Waals surface area contributed by atoms with Gasteiger partial charge in [0.25, 0.3) is 21.4 Å². The van der Waals surface area contributed by atoms with Crippen molar-refractivity contribution in [2.45, 2.75) is 25.1 Å². The Hall–Kier alpha value is -3.25. The fraction of sp³-hybridized carbons (Fsp3) is 0.292. The van der Waals surface area contributed by atoms with Gasteiger partial charge in [-0.05, 0) is 47.7 Å². The summed E-state index contributed by atoms with van der Waals surface area (Å²) in [5.41, 5.74) is -2.68. The van der Waals surface area contributed by atoms with Crippen LogP contribution in [0.15, 0.2) is 41.3 Å². The molecule has 2 amide bonds. The zero-order valence-electron chi connectivity index (χ0n) is 21.1. The number of fused-ring (bicyclic) bond motifs is 1. The van der Waals surface area contributed by atoms with E-state index in [-0.39, 0.29) is 23.1 Å². The number of thioether (sulfide) groups is 1. The molecule has 1 saturated heterocycles. The van der Waals surface area contributed by atoms with Crippen molar-refractivity contribution in [2.24, 2.45) is 0 Å². The quantitative estimate of drug-likeness (QED) is 0.201. The first-order valence-corrected chi connectivity index (χ1v) is 13.8. The number of benzene rings is 2. The van der Waals surface area contributed by atoms with Crippen molar-refractivity contribution < 1.29 is 49.5 Å². The van der Waals surface area contributed by atoms with Crippen LogP contribution in [0.25, 0.3) is 12.3 Å². The molecule has 220 valence electrons. The lowest BCUT2D eigenvalue weighted by atomic mass is 10.0. The van der Waals surface area contributed by atoms with E-state index in [0.717, 1.165) is 10.4 Å². The number of aliphatic hydroxyl groups is 1. The Morgan fingerprint density at radius 3 is 2.34 bits per heavy atom. The second-order valence-electron chi connectivity index (χ2n) is 9.16. The molecule has 0 radical (unpaired) electrons. The molecule has 41 heavy (non-hydrogen) atoms. The summed E-state index contributed by atoms with van der Waals surface area (Å²) in [6, 6.07) is 6.15. The lowest BCUT2D eigenvalue weighted by Gasteiger charge is -2.20. The van der Waals surface area contributed by atoms with Gasteiger partial charge in [0, 0.05) is 25.7 Å². The molecule has 0 aliphatic carbocycles. The lowest BCUT2D eigenvalue weighted by Crippen LogP contribution is -2.48. The summed E-state index contributed by atoms with van der Waals surface area (Å²) in [6.07, 6.45) is -8.80. The highest BCUT2D eigenvalue weighted by Gasteiger charge is 2.39. The Balaban J connectivity index is 1.52. The largest absolute Gasteiger partial charge is 0.416 e. The highest BCUT2D eigenvalue weighted by atomic mass is 32.2. The van der Waals surface area contributed by atoms with E-state index in [0.29, 0.717) is 38.9 Å². The van der Waals surface area contributed by atoms with Crippen LogP contribution < -0.4 is 19.9 Å². The second-order valence-corrected chi connectivity index (χ2v) is 12.1. The third kappa shape index (κ3) is 6.64. The minimum atomic E-state index is -5.00. The van der Waals surface area contributed by atoms with E-state index in [4.69, 9.17) is 0 Å². The zero-order valence-corrected chi connectivity index (χ0v) is 22.7. The first-order valence-electron chi connectivity index (χ1n) is 11.5. The van der Waals surface area contributed by atoms with Crippen LogP contribution in [0.3, 0.4) is 0 Å². The van der Waals surface area contributed by atoms with Crippen molar-refractivity contribution in [3.8, 4) is 0 Å². The van der Waals surface area contributed by atoms with Crippen molar-refractivity contribution in [1.82, 2.24) is 18.5 Å².